The van der Waals surface area contributed by atoms with E-state index in [4.69, 9.17) is 19.9 Å². The van der Waals surface area contributed by atoms with E-state index in [1.807, 2.05) is 36.4 Å². The van der Waals surface area contributed by atoms with Crippen LogP contribution in [0, 0.1) is 11.8 Å². The van der Waals surface area contributed by atoms with Gasteiger partial charge in [0.15, 0.2) is 0 Å². The van der Waals surface area contributed by atoms with Crippen LogP contribution >= 0.6 is 0 Å². The van der Waals surface area contributed by atoms with E-state index in [1.165, 1.54) is 25.7 Å². The molecule has 0 unspecified atom stereocenters. The number of benzene rings is 2. The molecule has 6 N–H and O–H groups in total. The maximum atomic E-state index is 12.5. The number of nitrogens with zero attached hydrogens (tertiary/aromatic N) is 3. The molecule has 12 heteroatoms. The first-order valence-electron chi connectivity index (χ1n) is 15.9. The molecule has 0 saturated heterocycles. The summed E-state index contributed by atoms with van der Waals surface area (Å²) in [4.78, 5) is 26.4. The van der Waals surface area contributed by atoms with Gasteiger partial charge in [-0.05, 0) is 60.1 Å². The molecule has 0 aliphatic heterocycles. The molecule has 12 nitrogen and oxygen atoms in total. The van der Waals surface area contributed by atoms with E-state index in [-0.39, 0.29) is 5.91 Å². The van der Waals surface area contributed by atoms with Crippen molar-refractivity contribution in [3.8, 4) is 5.75 Å². The van der Waals surface area contributed by atoms with Crippen molar-refractivity contribution in [2.75, 3.05) is 69.1 Å². The summed E-state index contributed by atoms with van der Waals surface area (Å²) in [6.07, 6.45) is 4.98. The van der Waals surface area contributed by atoms with Gasteiger partial charge >= 0.3 is 0 Å². The average Bonchev–Trinajstić information content (AvgIpc) is 3.07. The Bertz CT molecular complexity index is 1280. The van der Waals surface area contributed by atoms with Gasteiger partial charge in [-0.25, -0.2) is 0 Å². The third kappa shape index (κ3) is 12.1. The number of methoxy groups -OCH3 is 1. The van der Waals surface area contributed by atoms with Crippen molar-refractivity contribution in [3.05, 3.63) is 65.2 Å². The highest BCUT2D eigenvalue weighted by Crippen LogP contribution is 2.28. The number of amides is 1. The van der Waals surface area contributed by atoms with E-state index < -0.39 is 0 Å². The molecule has 1 fully saturated rings. The molecule has 1 aromatic heterocycles. The number of hydrogen-bond acceptors (Lipinski definition) is 11. The molecule has 0 bridgehead atoms. The molecule has 45 heavy (non-hydrogen) atoms. The zero-order valence-corrected chi connectivity index (χ0v) is 26.5. The molecule has 4 rings (SSSR count). The van der Waals surface area contributed by atoms with Crippen LogP contribution in [0.5, 0.6) is 5.75 Å². The zero-order valence-electron chi connectivity index (χ0n) is 26.5. The number of carbonyl (C=O) groups is 1. The molecule has 244 valence electrons. The third-order valence-electron chi connectivity index (χ3n) is 7.76. The lowest BCUT2D eigenvalue weighted by Gasteiger charge is -2.26. The van der Waals surface area contributed by atoms with Crippen molar-refractivity contribution in [1.82, 2.24) is 20.3 Å². The van der Waals surface area contributed by atoms with Gasteiger partial charge in [0.1, 0.15) is 5.75 Å². The fraction of sp³-hybridized carbons (Fsp3) is 0.515. The number of anilines is 3. The SMILES string of the molecule is COc1ccc(CNc2nc(NCc3ccc(C(=O)NCCOCCOCCN)cc3)nc(NCC3CCC(C)CC3)n2)cc1. The zero-order chi connectivity index (χ0) is 31.7. The first-order chi connectivity index (χ1) is 22.0. The van der Waals surface area contributed by atoms with Crippen molar-refractivity contribution in [2.24, 2.45) is 17.6 Å². The van der Waals surface area contributed by atoms with Crippen molar-refractivity contribution in [1.29, 1.82) is 0 Å². The Balaban J connectivity index is 1.30. The number of ether oxygens (including phenoxy) is 3. The first-order valence-corrected chi connectivity index (χ1v) is 15.9. The predicted molar refractivity (Wildman–Crippen MR) is 177 cm³/mol. The van der Waals surface area contributed by atoms with E-state index in [0.717, 1.165) is 29.3 Å². The van der Waals surface area contributed by atoms with E-state index >= 15 is 0 Å². The molecule has 0 spiro atoms. The van der Waals surface area contributed by atoms with Gasteiger partial charge in [-0.2, -0.15) is 15.0 Å². The standard InChI is InChI=1S/C33H48N8O4/c1-24-3-5-25(6-4-24)21-36-31-39-32(41-33(40-31)38-23-27-9-13-29(43-2)14-10-27)37-22-26-7-11-28(12-8-26)30(42)35-16-18-45-20-19-44-17-15-34/h7-14,24-25H,3-6,15-23,34H2,1-2H3,(H,35,42)(H3,36,37,38,39,40,41). The van der Waals surface area contributed by atoms with Gasteiger partial charge in [-0.15, -0.1) is 0 Å². The molecule has 1 saturated carbocycles. The number of nitrogens with one attached hydrogen (secondary N) is 4. The van der Waals surface area contributed by atoms with Gasteiger partial charge in [-0.1, -0.05) is 44.0 Å². The van der Waals surface area contributed by atoms with E-state index in [1.54, 1.807) is 19.2 Å². The Morgan fingerprint density at radius 2 is 1.33 bits per heavy atom. The fourth-order valence-electron chi connectivity index (χ4n) is 5.01. The Kier molecular flexibility index (Phi) is 14.1. The minimum atomic E-state index is -0.148. The number of carbonyl (C=O) groups excluding carboxylic acids is 1. The summed E-state index contributed by atoms with van der Waals surface area (Å²) in [5.74, 6) is 3.60. The number of aromatic nitrogens is 3. The summed E-state index contributed by atoms with van der Waals surface area (Å²) in [6.45, 7) is 7.03. The van der Waals surface area contributed by atoms with Crippen LogP contribution in [-0.4, -0.2) is 74.0 Å². The lowest BCUT2D eigenvalue weighted by Crippen LogP contribution is -2.27. The summed E-state index contributed by atoms with van der Waals surface area (Å²) in [5.41, 5.74) is 8.04. The molecule has 0 atom stereocenters. The predicted octanol–water partition coefficient (Wildman–Crippen LogP) is 4.06. The number of rotatable bonds is 19. The van der Waals surface area contributed by atoms with Crippen LogP contribution in [-0.2, 0) is 22.6 Å². The van der Waals surface area contributed by atoms with Gasteiger partial charge in [0.05, 0.1) is 33.5 Å². The highest BCUT2D eigenvalue weighted by Gasteiger charge is 2.18. The van der Waals surface area contributed by atoms with Crippen molar-refractivity contribution in [2.45, 2.75) is 45.7 Å². The Labute approximate surface area is 266 Å². The number of hydrogen-bond donors (Lipinski definition) is 5. The van der Waals surface area contributed by atoms with Crippen molar-refractivity contribution in [3.63, 3.8) is 0 Å². The van der Waals surface area contributed by atoms with Crippen LogP contribution in [0.15, 0.2) is 48.5 Å². The van der Waals surface area contributed by atoms with E-state index in [2.05, 4.69) is 43.1 Å². The van der Waals surface area contributed by atoms with Gasteiger partial charge in [-0.3, -0.25) is 4.79 Å². The highest BCUT2D eigenvalue weighted by molar-refractivity contribution is 5.94. The molecule has 2 aromatic carbocycles. The Morgan fingerprint density at radius 1 is 0.778 bits per heavy atom. The largest absolute Gasteiger partial charge is 0.497 e. The monoisotopic (exact) mass is 620 g/mol. The topological polar surface area (TPSA) is 158 Å². The second-order valence-corrected chi connectivity index (χ2v) is 11.3. The third-order valence-corrected chi connectivity index (χ3v) is 7.76. The van der Waals surface area contributed by atoms with Crippen molar-refractivity contribution < 1.29 is 19.0 Å². The Hall–Kier alpha value is -4.00. The quantitative estimate of drug-likeness (QED) is 0.123. The minimum absolute atomic E-state index is 0.148. The smallest absolute Gasteiger partial charge is 0.251 e. The lowest BCUT2D eigenvalue weighted by atomic mass is 9.83. The first kappa shape index (κ1) is 33.9. The summed E-state index contributed by atoms with van der Waals surface area (Å²) < 4.78 is 16.0. The maximum Gasteiger partial charge on any atom is 0.251 e. The second kappa shape index (κ2) is 18.7. The van der Waals surface area contributed by atoms with Crippen LogP contribution < -0.4 is 31.7 Å². The maximum absolute atomic E-state index is 12.5. The van der Waals surface area contributed by atoms with Crippen LogP contribution in [0.4, 0.5) is 17.8 Å². The van der Waals surface area contributed by atoms with Gasteiger partial charge in [0.25, 0.3) is 5.91 Å². The van der Waals surface area contributed by atoms with Crippen LogP contribution in [0.3, 0.4) is 0 Å². The van der Waals surface area contributed by atoms with Gasteiger partial charge < -0.3 is 41.2 Å². The van der Waals surface area contributed by atoms with Crippen LogP contribution in [0.1, 0.15) is 54.1 Å². The highest BCUT2D eigenvalue weighted by atomic mass is 16.5. The Morgan fingerprint density at radius 3 is 1.91 bits per heavy atom. The summed E-state index contributed by atoms with van der Waals surface area (Å²) >= 11 is 0. The van der Waals surface area contributed by atoms with Gasteiger partial charge in [0.2, 0.25) is 17.8 Å². The van der Waals surface area contributed by atoms with Crippen LogP contribution in [0.25, 0.3) is 0 Å². The lowest BCUT2D eigenvalue weighted by molar-refractivity contribution is 0.0511. The molecule has 3 aromatic rings. The summed E-state index contributed by atoms with van der Waals surface area (Å²) in [6, 6.07) is 15.3. The molecular formula is C33H48N8O4. The van der Waals surface area contributed by atoms with Crippen LogP contribution in [0.2, 0.25) is 0 Å². The van der Waals surface area contributed by atoms with Gasteiger partial charge in [0, 0.05) is 38.3 Å². The minimum Gasteiger partial charge on any atom is -0.497 e. The fourth-order valence-corrected chi connectivity index (χ4v) is 5.01. The number of nitrogens with two attached hydrogens (primary N) is 1. The molecular weight excluding hydrogens is 572 g/mol. The molecule has 0 radical (unpaired) electrons. The molecule has 1 aliphatic rings. The second-order valence-electron chi connectivity index (χ2n) is 11.3. The molecule has 1 aliphatic carbocycles. The molecule has 1 heterocycles. The normalized spacial score (nSPS) is 16.2. The summed E-state index contributed by atoms with van der Waals surface area (Å²) in [7, 11) is 1.66. The summed E-state index contributed by atoms with van der Waals surface area (Å²) in [5, 5.41) is 13.0. The average molecular weight is 621 g/mol. The van der Waals surface area contributed by atoms with E-state index in [9.17, 15) is 4.79 Å². The van der Waals surface area contributed by atoms with Crippen molar-refractivity contribution >= 4 is 23.8 Å². The molecule has 1 amide bonds. The van der Waals surface area contributed by atoms with E-state index in [0.29, 0.717) is 81.9 Å².